The number of benzene rings is 1. The van der Waals surface area contributed by atoms with Gasteiger partial charge in [0, 0.05) is 17.6 Å². The van der Waals surface area contributed by atoms with Crippen LogP contribution in [0.1, 0.15) is 31.2 Å². The van der Waals surface area contributed by atoms with Gasteiger partial charge in [-0.05, 0) is 43.0 Å². The molecule has 0 aromatic heterocycles. The van der Waals surface area contributed by atoms with Crippen LogP contribution in [0, 0.1) is 5.82 Å². The summed E-state index contributed by atoms with van der Waals surface area (Å²) in [5.74, 6) is -0.224. The molecule has 1 saturated carbocycles. The average molecular weight is 316 g/mol. The molecule has 0 saturated heterocycles. The van der Waals surface area contributed by atoms with Gasteiger partial charge in [-0.2, -0.15) is 0 Å². The van der Waals surface area contributed by atoms with Gasteiger partial charge in [0.15, 0.2) is 0 Å². The van der Waals surface area contributed by atoms with Crippen LogP contribution in [0.4, 0.5) is 4.39 Å². The molecule has 4 heteroatoms. The molecule has 2 nitrogen and oxygen atoms in total. The minimum absolute atomic E-state index is 0.0944. The molecular weight excluding hydrogens is 297 g/mol. The van der Waals surface area contributed by atoms with Gasteiger partial charge >= 0.3 is 0 Å². The lowest BCUT2D eigenvalue weighted by atomic mass is 9.88. The summed E-state index contributed by atoms with van der Waals surface area (Å²) >= 11 is 3.44. The van der Waals surface area contributed by atoms with Gasteiger partial charge in [0.25, 0.3) is 0 Å². The molecule has 0 radical (unpaired) electrons. The van der Waals surface area contributed by atoms with E-state index in [2.05, 4.69) is 15.9 Å². The molecular formula is C14H19BrFNO. The fourth-order valence-corrected chi connectivity index (χ4v) is 3.23. The van der Waals surface area contributed by atoms with Crippen molar-refractivity contribution in [2.24, 2.45) is 5.73 Å². The third kappa shape index (κ3) is 2.76. The Hall–Kier alpha value is -0.450. The molecule has 100 valence electrons. The van der Waals surface area contributed by atoms with Crippen LogP contribution in [-0.4, -0.2) is 18.8 Å². The fourth-order valence-electron chi connectivity index (χ4n) is 2.82. The van der Waals surface area contributed by atoms with Crippen LogP contribution >= 0.6 is 15.9 Å². The third-order valence-corrected chi connectivity index (χ3v) is 4.75. The molecule has 0 heterocycles. The van der Waals surface area contributed by atoms with Crippen molar-refractivity contribution >= 4 is 15.9 Å². The first-order valence-corrected chi connectivity index (χ1v) is 7.11. The molecule has 1 aromatic rings. The molecule has 2 rings (SSSR count). The van der Waals surface area contributed by atoms with Crippen LogP contribution in [-0.2, 0) is 11.2 Å². The minimum atomic E-state index is -0.230. The highest BCUT2D eigenvalue weighted by molar-refractivity contribution is 9.10. The van der Waals surface area contributed by atoms with Crippen molar-refractivity contribution in [3.8, 4) is 0 Å². The van der Waals surface area contributed by atoms with E-state index in [-0.39, 0.29) is 17.5 Å². The van der Waals surface area contributed by atoms with E-state index in [1.165, 1.54) is 6.07 Å². The van der Waals surface area contributed by atoms with Crippen LogP contribution in [0.15, 0.2) is 22.7 Å². The summed E-state index contributed by atoms with van der Waals surface area (Å²) in [7, 11) is 1.73. The SMILES string of the molecule is COC1(C(N)Cc2cc(F)ccc2Br)CCCC1. The van der Waals surface area contributed by atoms with Gasteiger partial charge in [0.05, 0.1) is 5.60 Å². The quantitative estimate of drug-likeness (QED) is 0.924. The van der Waals surface area contributed by atoms with E-state index in [9.17, 15) is 4.39 Å². The topological polar surface area (TPSA) is 35.2 Å². The van der Waals surface area contributed by atoms with Crippen molar-refractivity contribution in [3.63, 3.8) is 0 Å². The minimum Gasteiger partial charge on any atom is -0.377 e. The largest absolute Gasteiger partial charge is 0.377 e. The molecule has 1 unspecified atom stereocenters. The van der Waals surface area contributed by atoms with Gasteiger partial charge in [-0.1, -0.05) is 28.8 Å². The van der Waals surface area contributed by atoms with Crippen LogP contribution in [0.5, 0.6) is 0 Å². The highest BCUT2D eigenvalue weighted by Crippen LogP contribution is 2.36. The molecule has 0 amide bonds. The summed E-state index contributed by atoms with van der Waals surface area (Å²) < 4.78 is 19.8. The second kappa shape index (κ2) is 5.68. The Bertz CT molecular complexity index is 418. The Morgan fingerprint density at radius 3 is 2.72 bits per heavy atom. The van der Waals surface area contributed by atoms with Gasteiger partial charge in [-0.15, -0.1) is 0 Å². The van der Waals surface area contributed by atoms with E-state index in [1.54, 1.807) is 19.2 Å². The maximum Gasteiger partial charge on any atom is 0.123 e. The fraction of sp³-hybridized carbons (Fsp3) is 0.571. The Kier molecular flexibility index (Phi) is 4.41. The molecule has 0 aliphatic heterocycles. The molecule has 18 heavy (non-hydrogen) atoms. The molecule has 1 fully saturated rings. The Morgan fingerprint density at radius 1 is 1.44 bits per heavy atom. The van der Waals surface area contributed by atoms with Crippen LogP contribution in [0.2, 0.25) is 0 Å². The van der Waals surface area contributed by atoms with Gasteiger partial charge < -0.3 is 10.5 Å². The van der Waals surface area contributed by atoms with Crippen molar-refractivity contribution in [1.82, 2.24) is 0 Å². The first kappa shape index (κ1) is 14.0. The van der Waals surface area contributed by atoms with Crippen molar-refractivity contribution < 1.29 is 9.13 Å². The lowest BCUT2D eigenvalue weighted by Gasteiger charge is -2.34. The highest BCUT2D eigenvalue weighted by Gasteiger charge is 2.39. The first-order chi connectivity index (χ1) is 8.57. The van der Waals surface area contributed by atoms with E-state index in [1.807, 2.05) is 0 Å². The Balaban J connectivity index is 2.15. The zero-order valence-corrected chi connectivity index (χ0v) is 12.2. The maximum absolute atomic E-state index is 13.3. The van der Waals surface area contributed by atoms with Crippen molar-refractivity contribution in [1.29, 1.82) is 0 Å². The number of ether oxygens (including phenoxy) is 1. The van der Waals surface area contributed by atoms with E-state index in [0.29, 0.717) is 6.42 Å². The zero-order valence-electron chi connectivity index (χ0n) is 10.6. The lowest BCUT2D eigenvalue weighted by molar-refractivity contribution is -0.0254. The molecule has 0 bridgehead atoms. The normalized spacial score (nSPS) is 20.0. The van der Waals surface area contributed by atoms with Crippen LogP contribution in [0.25, 0.3) is 0 Å². The lowest BCUT2D eigenvalue weighted by Crippen LogP contribution is -2.48. The van der Waals surface area contributed by atoms with E-state index < -0.39 is 0 Å². The number of nitrogens with two attached hydrogens (primary N) is 1. The Labute approximate surface area is 116 Å². The summed E-state index contributed by atoms with van der Waals surface area (Å²) in [6.45, 7) is 0. The second-order valence-electron chi connectivity index (χ2n) is 5.02. The number of rotatable bonds is 4. The van der Waals surface area contributed by atoms with E-state index in [4.69, 9.17) is 10.5 Å². The summed E-state index contributed by atoms with van der Waals surface area (Å²) in [6.07, 6.45) is 4.94. The second-order valence-corrected chi connectivity index (χ2v) is 5.88. The summed E-state index contributed by atoms with van der Waals surface area (Å²) in [6, 6.07) is 4.62. The van der Waals surface area contributed by atoms with Crippen molar-refractivity contribution in [3.05, 3.63) is 34.1 Å². The van der Waals surface area contributed by atoms with Crippen molar-refractivity contribution in [2.45, 2.75) is 43.7 Å². The molecule has 0 spiro atoms. The number of hydrogen-bond donors (Lipinski definition) is 1. The first-order valence-electron chi connectivity index (χ1n) is 6.32. The average Bonchev–Trinajstić information content (AvgIpc) is 2.84. The van der Waals surface area contributed by atoms with Gasteiger partial charge in [-0.25, -0.2) is 4.39 Å². The van der Waals surface area contributed by atoms with Gasteiger partial charge in [0.2, 0.25) is 0 Å². The standard InChI is InChI=1S/C14H19BrFNO/c1-18-14(6-2-3-7-14)13(17)9-10-8-11(16)4-5-12(10)15/h4-5,8,13H,2-3,6-7,9,17H2,1H3. The third-order valence-electron chi connectivity index (χ3n) is 3.98. The molecule has 1 aliphatic carbocycles. The maximum atomic E-state index is 13.3. The summed E-state index contributed by atoms with van der Waals surface area (Å²) in [4.78, 5) is 0. The van der Waals surface area contributed by atoms with Crippen LogP contribution < -0.4 is 5.73 Å². The monoisotopic (exact) mass is 315 g/mol. The number of hydrogen-bond acceptors (Lipinski definition) is 2. The Morgan fingerprint density at radius 2 is 2.11 bits per heavy atom. The summed E-state index contributed by atoms with van der Waals surface area (Å²) in [5, 5.41) is 0. The number of methoxy groups -OCH3 is 1. The van der Waals surface area contributed by atoms with Crippen molar-refractivity contribution in [2.75, 3.05) is 7.11 Å². The molecule has 2 N–H and O–H groups in total. The molecule has 1 aliphatic rings. The zero-order chi connectivity index (χ0) is 13.2. The molecule has 1 atom stereocenters. The van der Waals surface area contributed by atoms with E-state index in [0.717, 1.165) is 35.7 Å². The van der Waals surface area contributed by atoms with Gasteiger partial charge in [0.1, 0.15) is 5.82 Å². The number of halogens is 2. The van der Waals surface area contributed by atoms with E-state index >= 15 is 0 Å². The summed E-state index contributed by atoms with van der Waals surface area (Å²) in [5.41, 5.74) is 6.98. The molecule has 1 aromatic carbocycles. The predicted molar refractivity (Wildman–Crippen MR) is 74.0 cm³/mol. The predicted octanol–water partition coefficient (Wildman–Crippen LogP) is 3.42. The van der Waals surface area contributed by atoms with Gasteiger partial charge in [-0.3, -0.25) is 0 Å². The van der Waals surface area contributed by atoms with Crippen LogP contribution in [0.3, 0.4) is 0 Å². The smallest absolute Gasteiger partial charge is 0.123 e. The highest BCUT2D eigenvalue weighted by atomic mass is 79.9.